The number of rotatable bonds is 8. The minimum Gasteiger partial charge on any atom is -0.462 e. The zero-order valence-electron chi connectivity index (χ0n) is 20.6. The number of benzene rings is 2. The smallest absolute Gasteiger partial charge is 0.348 e. The standard InChI is InChI=1S/C27H23ClN4O4S2/c1-3-36-26(35)22-15(2)21-23(33)30-20(31-24(21)38-22)9-6-14-37-27-29-19-8-5-4-7-18(19)25(34)32(27)17-12-10-16(28)11-13-17/h4-5,7-8,10-13H,3,6,9,14H2,1-2H3,(H,30,31,33). The summed E-state index contributed by atoms with van der Waals surface area (Å²) < 4.78 is 6.70. The van der Waals surface area contributed by atoms with Gasteiger partial charge in [0.05, 0.1) is 28.6 Å². The van der Waals surface area contributed by atoms with E-state index in [0.29, 0.717) is 71.8 Å². The first-order valence-electron chi connectivity index (χ1n) is 12.0. The molecule has 0 amide bonds. The topological polar surface area (TPSA) is 107 Å². The highest BCUT2D eigenvalue weighted by Gasteiger charge is 2.20. The van der Waals surface area contributed by atoms with Gasteiger partial charge in [0.25, 0.3) is 11.1 Å². The molecule has 8 nitrogen and oxygen atoms in total. The Balaban J connectivity index is 1.37. The molecule has 5 aromatic rings. The van der Waals surface area contributed by atoms with Crippen molar-refractivity contribution in [2.24, 2.45) is 0 Å². The Hall–Kier alpha value is -3.47. The summed E-state index contributed by atoms with van der Waals surface area (Å²) in [5.74, 6) is 0.735. The molecule has 38 heavy (non-hydrogen) atoms. The lowest BCUT2D eigenvalue weighted by molar-refractivity contribution is 0.0531. The molecule has 0 saturated heterocycles. The van der Waals surface area contributed by atoms with E-state index in [9.17, 15) is 14.4 Å². The Labute approximate surface area is 230 Å². The van der Waals surface area contributed by atoms with Crippen LogP contribution in [0.3, 0.4) is 0 Å². The minimum atomic E-state index is -0.444. The molecule has 3 heterocycles. The number of hydrogen-bond donors (Lipinski definition) is 1. The number of nitrogens with zero attached hydrogens (tertiary/aromatic N) is 3. The number of aryl methyl sites for hydroxylation is 2. The summed E-state index contributed by atoms with van der Waals surface area (Å²) in [7, 11) is 0. The molecule has 0 aliphatic carbocycles. The number of carbonyl (C=O) groups is 1. The van der Waals surface area contributed by atoms with Gasteiger partial charge in [-0.2, -0.15) is 0 Å². The molecule has 5 rings (SSSR count). The van der Waals surface area contributed by atoms with Crippen molar-refractivity contribution in [3.05, 3.63) is 90.5 Å². The van der Waals surface area contributed by atoms with Crippen LogP contribution >= 0.6 is 34.7 Å². The summed E-state index contributed by atoms with van der Waals surface area (Å²) >= 11 is 8.69. The number of halogens is 1. The first-order chi connectivity index (χ1) is 18.4. The molecule has 0 radical (unpaired) electrons. The molecule has 194 valence electrons. The fraction of sp³-hybridized carbons (Fsp3) is 0.222. The van der Waals surface area contributed by atoms with Crippen molar-refractivity contribution in [2.75, 3.05) is 12.4 Å². The van der Waals surface area contributed by atoms with Gasteiger partial charge < -0.3 is 9.72 Å². The molecule has 0 aliphatic heterocycles. The van der Waals surface area contributed by atoms with E-state index in [0.717, 1.165) is 0 Å². The number of fused-ring (bicyclic) bond motifs is 2. The molecule has 0 atom stereocenters. The van der Waals surface area contributed by atoms with Crippen LogP contribution < -0.4 is 11.1 Å². The van der Waals surface area contributed by atoms with Crippen LogP contribution in [0.25, 0.3) is 26.8 Å². The quantitative estimate of drug-likeness (QED) is 0.114. The second-order valence-corrected chi connectivity index (χ2v) is 10.9. The summed E-state index contributed by atoms with van der Waals surface area (Å²) in [4.78, 5) is 51.5. The zero-order valence-corrected chi connectivity index (χ0v) is 23.0. The molecule has 3 aromatic heterocycles. The molecule has 0 unspecified atom stereocenters. The number of thiophene rings is 1. The van der Waals surface area contributed by atoms with E-state index in [2.05, 4.69) is 9.97 Å². The maximum Gasteiger partial charge on any atom is 0.348 e. The van der Waals surface area contributed by atoms with Gasteiger partial charge >= 0.3 is 5.97 Å². The van der Waals surface area contributed by atoms with Crippen molar-refractivity contribution >= 4 is 61.8 Å². The normalized spacial score (nSPS) is 11.3. The molecule has 0 aliphatic rings. The predicted molar refractivity (Wildman–Crippen MR) is 152 cm³/mol. The average Bonchev–Trinajstić information content (AvgIpc) is 3.24. The maximum absolute atomic E-state index is 13.4. The van der Waals surface area contributed by atoms with E-state index in [-0.39, 0.29) is 17.7 Å². The van der Waals surface area contributed by atoms with E-state index in [4.69, 9.17) is 21.3 Å². The Morgan fingerprint density at radius 3 is 2.66 bits per heavy atom. The van der Waals surface area contributed by atoms with E-state index in [1.54, 1.807) is 48.7 Å². The van der Waals surface area contributed by atoms with Crippen LogP contribution in [0.4, 0.5) is 0 Å². The summed E-state index contributed by atoms with van der Waals surface area (Å²) in [5.41, 5.74) is 1.48. The van der Waals surface area contributed by atoms with Crippen molar-refractivity contribution in [3.63, 3.8) is 0 Å². The first kappa shape index (κ1) is 26.1. The largest absolute Gasteiger partial charge is 0.462 e. The number of esters is 1. The van der Waals surface area contributed by atoms with Crippen molar-refractivity contribution < 1.29 is 9.53 Å². The fourth-order valence-electron chi connectivity index (χ4n) is 4.13. The SMILES string of the molecule is CCOC(=O)c1sc2nc(CCCSc3nc4ccccc4c(=O)n3-c3ccc(Cl)cc3)[nH]c(=O)c2c1C. The monoisotopic (exact) mass is 566 g/mol. The van der Waals surface area contributed by atoms with Crippen LogP contribution in [-0.4, -0.2) is 37.8 Å². The van der Waals surface area contributed by atoms with Crippen molar-refractivity contribution in [1.82, 2.24) is 19.5 Å². The Morgan fingerprint density at radius 2 is 1.89 bits per heavy atom. The molecular weight excluding hydrogens is 544 g/mol. The third-order valence-electron chi connectivity index (χ3n) is 5.93. The third kappa shape index (κ3) is 5.11. The molecule has 0 saturated carbocycles. The maximum atomic E-state index is 13.4. The number of aromatic nitrogens is 4. The molecule has 1 N–H and O–H groups in total. The lowest BCUT2D eigenvalue weighted by Gasteiger charge is -2.13. The summed E-state index contributed by atoms with van der Waals surface area (Å²) in [6.45, 7) is 3.73. The molecular formula is C27H23ClN4O4S2. The van der Waals surface area contributed by atoms with E-state index in [1.165, 1.54) is 23.1 Å². The van der Waals surface area contributed by atoms with Crippen LogP contribution in [0.1, 0.15) is 34.4 Å². The highest BCUT2D eigenvalue weighted by molar-refractivity contribution is 7.99. The summed E-state index contributed by atoms with van der Waals surface area (Å²) in [6.07, 6.45) is 1.19. The van der Waals surface area contributed by atoms with Gasteiger partial charge in [0.2, 0.25) is 0 Å². The van der Waals surface area contributed by atoms with Crippen LogP contribution in [-0.2, 0) is 11.2 Å². The Kier molecular flexibility index (Phi) is 7.64. The van der Waals surface area contributed by atoms with E-state index < -0.39 is 5.97 Å². The lowest BCUT2D eigenvalue weighted by Crippen LogP contribution is -2.21. The Bertz CT molecular complexity index is 1780. The van der Waals surface area contributed by atoms with Crippen LogP contribution in [0.15, 0.2) is 63.3 Å². The Morgan fingerprint density at radius 1 is 1.13 bits per heavy atom. The number of thioether (sulfide) groups is 1. The molecule has 2 aromatic carbocycles. The van der Waals surface area contributed by atoms with E-state index in [1.807, 2.05) is 18.2 Å². The minimum absolute atomic E-state index is 0.151. The highest BCUT2D eigenvalue weighted by Crippen LogP contribution is 2.28. The molecule has 0 spiro atoms. The average molecular weight is 567 g/mol. The zero-order chi connectivity index (χ0) is 26.8. The number of H-pyrrole nitrogens is 1. The second-order valence-electron chi connectivity index (χ2n) is 8.45. The number of para-hydroxylation sites is 1. The fourth-order valence-corrected chi connectivity index (χ4v) is 6.30. The number of aromatic amines is 1. The van der Waals surface area contributed by atoms with Crippen LogP contribution in [0.2, 0.25) is 5.02 Å². The van der Waals surface area contributed by atoms with Gasteiger partial charge in [-0.05, 0) is 62.2 Å². The van der Waals surface area contributed by atoms with Gasteiger partial charge in [-0.15, -0.1) is 11.3 Å². The van der Waals surface area contributed by atoms with Crippen molar-refractivity contribution in [3.8, 4) is 5.69 Å². The number of carbonyl (C=O) groups excluding carboxylic acids is 1. The van der Waals surface area contributed by atoms with Crippen molar-refractivity contribution in [2.45, 2.75) is 31.8 Å². The van der Waals surface area contributed by atoms with Gasteiger partial charge in [-0.25, -0.2) is 14.8 Å². The number of nitrogens with one attached hydrogen (secondary N) is 1. The van der Waals surface area contributed by atoms with Gasteiger partial charge in [0.1, 0.15) is 15.5 Å². The number of hydrogen-bond acceptors (Lipinski definition) is 8. The van der Waals surface area contributed by atoms with Crippen molar-refractivity contribution in [1.29, 1.82) is 0 Å². The lowest BCUT2D eigenvalue weighted by atomic mass is 10.2. The third-order valence-corrected chi connectivity index (χ3v) is 8.37. The van der Waals surface area contributed by atoms with Gasteiger partial charge in [-0.3, -0.25) is 14.2 Å². The molecule has 0 bridgehead atoms. The molecule has 0 fully saturated rings. The van der Waals surface area contributed by atoms with Gasteiger partial charge in [0, 0.05) is 17.2 Å². The first-order valence-corrected chi connectivity index (χ1v) is 14.1. The summed E-state index contributed by atoms with van der Waals surface area (Å²) in [6, 6.07) is 14.3. The molecule has 11 heteroatoms. The van der Waals surface area contributed by atoms with Crippen LogP contribution in [0, 0.1) is 6.92 Å². The van der Waals surface area contributed by atoms with Gasteiger partial charge in [0.15, 0.2) is 5.16 Å². The van der Waals surface area contributed by atoms with Gasteiger partial charge in [-0.1, -0.05) is 35.5 Å². The highest BCUT2D eigenvalue weighted by atomic mass is 35.5. The van der Waals surface area contributed by atoms with E-state index >= 15 is 0 Å². The summed E-state index contributed by atoms with van der Waals surface area (Å²) in [5, 5.41) is 2.11. The van der Waals surface area contributed by atoms with Crippen LogP contribution in [0.5, 0.6) is 0 Å². The number of ether oxygens (including phenoxy) is 1. The predicted octanol–water partition coefficient (Wildman–Crippen LogP) is 5.55. The second kappa shape index (κ2) is 11.1.